The van der Waals surface area contributed by atoms with E-state index in [9.17, 15) is 23.1 Å². The Balaban J connectivity index is 2.14. The zero-order valence-electron chi connectivity index (χ0n) is 18.7. The Morgan fingerprint density at radius 1 is 1.18 bits per heavy atom. The molecule has 0 saturated carbocycles. The van der Waals surface area contributed by atoms with E-state index in [0.29, 0.717) is 34.0 Å². The largest absolute Gasteiger partial charge is 0.512 e. The van der Waals surface area contributed by atoms with Gasteiger partial charge in [0.25, 0.3) is 10.0 Å². The number of sulfonamides is 1. The van der Waals surface area contributed by atoms with Crippen LogP contribution in [0.3, 0.4) is 0 Å². The van der Waals surface area contributed by atoms with Crippen molar-refractivity contribution < 1.29 is 27.9 Å². The summed E-state index contributed by atoms with van der Waals surface area (Å²) in [7, 11) is -2.91. The number of thioether (sulfide) groups is 1. The van der Waals surface area contributed by atoms with Gasteiger partial charge in [0.05, 0.1) is 11.4 Å². The van der Waals surface area contributed by atoms with Crippen molar-refractivity contribution in [3.63, 3.8) is 0 Å². The van der Waals surface area contributed by atoms with Gasteiger partial charge in [0.2, 0.25) is 5.88 Å². The number of nitrogens with one attached hydrogen (secondary N) is 2. The van der Waals surface area contributed by atoms with E-state index < -0.39 is 22.2 Å². The summed E-state index contributed by atoms with van der Waals surface area (Å²) in [6, 6.07) is 12.9. The third kappa shape index (κ3) is 5.51. The third-order valence-electron chi connectivity index (χ3n) is 4.88. The van der Waals surface area contributed by atoms with Gasteiger partial charge in [-0.15, -0.1) is 11.8 Å². The predicted molar refractivity (Wildman–Crippen MR) is 128 cm³/mol. The molecule has 0 bridgehead atoms. The Kier molecular flexibility index (Phi) is 7.84. The first-order chi connectivity index (χ1) is 16.2. The molecule has 0 unspecified atom stereocenters. The number of imidazole rings is 1. The van der Waals surface area contributed by atoms with Gasteiger partial charge in [0, 0.05) is 19.0 Å². The second-order valence-electron chi connectivity index (χ2n) is 7.03. The van der Waals surface area contributed by atoms with E-state index in [1.165, 1.54) is 24.9 Å². The van der Waals surface area contributed by atoms with Gasteiger partial charge in [-0.2, -0.15) is 0 Å². The Labute approximate surface area is 201 Å². The number of aryl methyl sites for hydroxylation is 1. The average Bonchev–Trinajstić information content (AvgIpc) is 3.14. The second-order valence-corrected chi connectivity index (χ2v) is 9.48. The molecule has 3 aromatic rings. The summed E-state index contributed by atoms with van der Waals surface area (Å²) in [5, 5.41) is 11.8. The molecule has 0 aliphatic carbocycles. The molecule has 0 spiro atoms. The van der Waals surface area contributed by atoms with E-state index in [1.807, 2.05) is 17.7 Å². The normalized spacial score (nSPS) is 11.1. The second kappa shape index (κ2) is 10.6. The molecule has 3 rings (SSSR count). The topological polar surface area (TPSA) is 140 Å². The summed E-state index contributed by atoms with van der Waals surface area (Å²) in [5.74, 6) is 0.650. The molecule has 2 amide bonds. The third-order valence-corrected chi connectivity index (χ3v) is 6.90. The zero-order chi connectivity index (χ0) is 24.9. The number of amides is 2. The number of aromatic nitrogens is 2. The maximum atomic E-state index is 13.1. The molecular weight excluding hydrogens is 480 g/mol. The van der Waals surface area contributed by atoms with Crippen LogP contribution in [-0.2, 0) is 23.0 Å². The smallest absolute Gasteiger partial charge is 0.449 e. The van der Waals surface area contributed by atoms with Crippen LogP contribution in [0.1, 0.15) is 18.3 Å². The summed E-state index contributed by atoms with van der Waals surface area (Å²) in [6.07, 6.45) is 0.781. The van der Waals surface area contributed by atoms with Crippen LogP contribution in [0.4, 0.5) is 9.59 Å². The monoisotopic (exact) mass is 504 g/mol. The first-order valence-corrected chi connectivity index (χ1v) is 12.9. The number of ether oxygens (including phenoxy) is 1. The van der Waals surface area contributed by atoms with E-state index in [0.717, 1.165) is 0 Å². The quantitative estimate of drug-likeness (QED) is 0.313. The summed E-state index contributed by atoms with van der Waals surface area (Å²) < 4.78 is 34.8. The summed E-state index contributed by atoms with van der Waals surface area (Å²) in [6.45, 7) is 1.98. The zero-order valence-corrected chi connectivity index (χ0v) is 20.4. The molecule has 0 saturated heterocycles. The molecular formula is C22H24N4O6S2. The van der Waals surface area contributed by atoms with E-state index in [4.69, 9.17) is 4.74 Å². The highest BCUT2D eigenvalue weighted by molar-refractivity contribution is 7.98. The van der Waals surface area contributed by atoms with Crippen LogP contribution in [0, 0.1) is 0 Å². The minimum Gasteiger partial charge on any atom is -0.449 e. The number of hydrogen-bond donors (Lipinski definition) is 3. The van der Waals surface area contributed by atoms with Crippen molar-refractivity contribution in [3.8, 4) is 17.0 Å². The lowest BCUT2D eigenvalue weighted by atomic mass is 10.0. The van der Waals surface area contributed by atoms with Crippen LogP contribution < -0.4 is 14.8 Å². The van der Waals surface area contributed by atoms with Crippen LogP contribution in [-0.4, -0.2) is 48.6 Å². The molecule has 34 heavy (non-hydrogen) atoms. The van der Waals surface area contributed by atoms with Crippen molar-refractivity contribution in [3.05, 3.63) is 59.9 Å². The molecule has 1 aromatic heterocycles. The van der Waals surface area contributed by atoms with Crippen molar-refractivity contribution in [1.29, 1.82) is 0 Å². The number of hydrogen-bond acceptors (Lipinski definition) is 7. The van der Waals surface area contributed by atoms with Gasteiger partial charge in [-0.1, -0.05) is 49.4 Å². The lowest BCUT2D eigenvalue weighted by Crippen LogP contribution is -2.37. The van der Waals surface area contributed by atoms with E-state index in [1.54, 1.807) is 47.2 Å². The lowest BCUT2D eigenvalue weighted by molar-refractivity contribution is 0.139. The molecule has 0 radical (unpaired) electrons. The van der Waals surface area contributed by atoms with Crippen LogP contribution in [0.25, 0.3) is 11.1 Å². The standard InChI is InChI=1S/C22H24N4O6S2/c1-4-18-24-19(33-3)20(32-22(28)29)26(18)13-14-10-11-16(15-8-6-5-7-9-15)17(12-14)34(30,31)25-21(27)23-2/h5-12H,4,13H2,1-3H3,(H,28,29)(H2,23,25,27). The van der Waals surface area contributed by atoms with Gasteiger partial charge < -0.3 is 15.2 Å². The fraction of sp³-hybridized carbons (Fsp3) is 0.227. The Morgan fingerprint density at radius 3 is 2.47 bits per heavy atom. The highest BCUT2D eigenvalue weighted by Crippen LogP contribution is 2.32. The number of carboxylic acid groups (broad SMARTS) is 1. The predicted octanol–water partition coefficient (Wildman–Crippen LogP) is 3.56. The van der Waals surface area contributed by atoms with Crippen molar-refractivity contribution >= 4 is 34.0 Å². The van der Waals surface area contributed by atoms with Gasteiger partial charge in [0.15, 0.2) is 5.03 Å². The fourth-order valence-electron chi connectivity index (χ4n) is 3.36. The average molecular weight is 505 g/mol. The Morgan fingerprint density at radius 2 is 1.88 bits per heavy atom. The minimum atomic E-state index is -4.23. The lowest BCUT2D eigenvalue weighted by Gasteiger charge is -2.15. The van der Waals surface area contributed by atoms with E-state index in [-0.39, 0.29) is 17.3 Å². The van der Waals surface area contributed by atoms with Crippen LogP contribution in [0.5, 0.6) is 5.88 Å². The van der Waals surface area contributed by atoms with Gasteiger partial charge >= 0.3 is 12.2 Å². The summed E-state index contributed by atoms with van der Waals surface area (Å²) in [5.41, 5.74) is 1.61. The summed E-state index contributed by atoms with van der Waals surface area (Å²) in [4.78, 5) is 27.4. The molecule has 10 nitrogen and oxygen atoms in total. The number of benzene rings is 2. The number of carbonyl (C=O) groups is 2. The van der Waals surface area contributed by atoms with Crippen LogP contribution in [0.15, 0.2) is 58.5 Å². The Hall–Kier alpha value is -3.51. The molecule has 0 atom stereocenters. The maximum absolute atomic E-state index is 13.1. The number of carbonyl (C=O) groups excluding carboxylic acids is 1. The molecule has 0 aliphatic heterocycles. The van der Waals surface area contributed by atoms with Crippen LogP contribution >= 0.6 is 11.8 Å². The number of urea groups is 1. The van der Waals surface area contributed by atoms with Crippen molar-refractivity contribution in [2.24, 2.45) is 0 Å². The summed E-state index contributed by atoms with van der Waals surface area (Å²) >= 11 is 1.24. The molecule has 2 aromatic carbocycles. The number of rotatable bonds is 8. The minimum absolute atomic E-state index is 0.0666. The maximum Gasteiger partial charge on any atom is 0.512 e. The number of nitrogens with zero attached hydrogens (tertiary/aromatic N) is 2. The van der Waals surface area contributed by atoms with Gasteiger partial charge in [-0.05, 0) is 23.4 Å². The molecule has 3 N–H and O–H groups in total. The molecule has 0 aliphatic rings. The SMILES string of the molecule is CCc1nc(SC)c(OC(=O)O)n1Cc1ccc(-c2ccccc2)c(S(=O)(=O)NC(=O)NC)c1. The van der Waals surface area contributed by atoms with E-state index >= 15 is 0 Å². The fourth-order valence-corrected chi connectivity index (χ4v) is 5.12. The van der Waals surface area contributed by atoms with Crippen molar-refractivity contribution in [1.82, 2.24) is 19.6 Å². The Bertz CT molecular complexity index is 1310. The van der Waals surface area contributed by atoms with Gasteiger partial charge in [-0.25, -0.2) is 27.7 Å². The highest BCUT2D eigenvalue weighted by Gasteiger charge is 2.24. The molecule has 1 heterocycles. The molecule has 12 heteroatoms. The van der Waals surface area contributed by atoms with Gasteiger partial charge in [-0.3, -0.25) is 4.57 Å². The van der Waals surface area contributed by atoms with Crippen LogP contribution in [0.2, 0.25) is 0 Å². The van der Waals surface area contributed by atoms with E-state index in [2.05, 4.69) is 10.3 Å². The van der Waals surface area contributed by atoms with Gasteiger partial charge in [0.1, 0.15) is 5.82 Å². The highest BCUT2D eigenvalue weighted by atomic mass is 32.2. The molecule has 180 valence electrons. The first kappa shape index (κ1) is 25.1. The molecule has 0 fully saturated rings. The first-order valence-electron chi connectivity index (χ1n) is 10.2. The van der Waals surface area contributed by atoms with Crippen molar-refractivity contribution in [2.45, 2.75) is 29.8 Å². The van der Waals surface area contributed by atoms with Crippen molar-refractivity contribution in [2.75, 3.05) is 13.3 Å².